The molecule has 100 valence electrons. The Labute approximate surface area is 107 Å². The van der Waals surface area contributed by atoms with Crippen molar-refractivity contribution in [2.75, 3.05) is 20.8 Å². The molecule has 0 saturated carbocycles. The number of halogens is 1. The van der Waals surface area contributed by atoms with Crippen LogP contribution in [0.15, 0.2) is 12.1 Å². The van der Waals surface area contributed by atoms with Crippen molar-refractivity contribution in [1.29, 1.82) is 0 Å². The van der Waals surface area contributed by atoms with Gasteiger partial charge in [0.05, 0.1) is 14.2 Å². The highest BCUT2D eigenvalue weighted by atomic mass is 19.1. The van der Waals surface area contributed by atoms with Gasteiger partial charge in [0.25, 0.3) is 0 Å². The topological polar surface area (TPSA) is 30.5 Å². The molecule has 4 heteroatoms. The van der Waals surface area contributed by atoms with Crippen molar-refractivity contribution in [3.8, 4) is 11.5 Å². The fourth-order valence-corrected chi connectivity index (χ4v) is 2.48. The lowest BCUT2D eigenvalue weighted by Gasteiger charge is -2.18. The van der Waals surface area contributed by atoms with Gasteiger partial charge >= 0.3 is 0 Å². The Morgan fingerprint density at radius 3 is 2.61 bits per heavy atom. The SMILES string of the molecule is COc1cc(C2CCCN2)cc(C(C)F)c1OC. The van der Waals surface area contributed by atoms with Crippen molar-refractivity contribution in [2.24, 2.45) is 0 Å². The summed E-state index contributed by atoms with van der Waals surface area (Å²) < 4.78 is 24.3. The number of methoxy groups -OCH3 is 2. The van der Waals surface area contributed by atoms with E-state index in [4.69, 9.17) is 9.47 Å². The van der Waals surface area contributed by atoms with Crippen LogP contribution in [-0.4, -0.2) is 20.8 Å². The van der Waals surface area contributed by atoms with Gasteiger partial charge in [-0.15, -0.1) is 0 Å². The average molecular weight is 253 g/mol. The third kappa shape index (κ3) is 2.43. The molecule has 0 spiro atoms. The van der Waals surface area contributed by atoms with Crippen LogP contribution in [0.1, 0.15) is 43.1 Å². The number of ether oxygens (including phenoxy) is 2. The highest BCUT2D eigenvalue weighted by Crippen LogP contribution is 2.39. The van der Waals surface area contributed by atoms with Crippen molar-refractivity contribution in [2.45, 2.75) is 32.0 Å². The number of nitrogens with one attached hydrogen (secondary N) is 1. The van der Waals surface area contributed by atoms with E-state index in [0.717, 1.165) is 24.9 Å². The zero-order chi connectivity index (χ0) is 13.1. The Hall–Kier alpha value is -1.29. The first-order valence-corrected chi connectivity index (χ1v) is 6.30. The lowest BCUT2D eigenvalue weighted by atomic mass is 9.99. The second kappa shape index (κ2) is 5.57. The van der Waals surface area contributed by atoms with E-state index < -0.39 is 6.17 Å². The van der Waals surface area contributed by atoms with Crippen LogP contribution in [0.5, 0.6) is 11.5 Å². The molecule has 0 bridgehead atoms. The second-order valence-electron chi connectivity index (χ2n) is 4.61. The van der Waals surface area contributed by atoms with Crippen LogP contribution < -0.4 is 14.8 Å². The number of hydrogen-bond acceptors (Lipinski definition) is 3. The molecule has 0 aromatic heterocycles. The van der Waals surface area contributed by atoms with Crippen LogP contribution in [0.2, 0.25) is 0 Å². The van der Waals surface area contributed by atoms with Crippen molar-refractivity contribution in [3.63, 3.8) is 0 Å². The van der Waals surface area contributed by atoms with Crippen LogP contribution in [0.4, 0.5) is 4.39 Å². The summed E-state index contributed by atoms with van der Waals surface area (Å²) in [5, 5.41) is 3.41. The van der Waals surface area contributed by atoms with Gasteiger partial charge in [0, 0.05) is 11.6 Å². The molecule has 3 nitrogen and oxygen atoms in total. The van der Waals surface area contributed by atoms with Crippen LogP contribution in [0.3, 0.4) is 0 Å². The summed E-state index contributed by atoms with van der Waals surface area (Å²) in [6, 6.07) is 4.12. The number of hydrogen-bond donors (Lipinski definition) is 1. The standard InChI is InChI=1S/C14H20FNO2/c1-9(15)11-7-10(12-5-4-6-16-12)8-13(17-2)14(11)18-3/h7-9,12,16H,4-6H2,1-3H3. The van der Waals surface area contributed by atoms with Gasteiger partial charge in [-0.3, -0.25) is 0 Å². The molecule has 2 atom stereocenters. The number of alkyl halides is 1. The maximum Gasteiger partial charge on any atom is 0.166 e. The lowest BCUT2D eigenvalue weighted by molar-refractivity contribution is 0.323. The maximum atomic E-state index is 13.7. The molecule has 1 saturated heterocycles. The molecule has 1 aliphatic rings. The minimum Gasteiger partial charge on any atom is -0.493 e. The van der Waals surface area contributed by atoms with E-state index in [-0.39, 0.29) is 0 Å². The second-order valence-corrected chi connectivity index (χ2v) is 4.61. The Balaban J connectivity index is 2.45. The summed E-state index contributed by atoms with van der Waals surface area (Å²) >= 11 is 0. The average Bonchev–Trinajstić information content (AvgIpc) is 2.90. The van der Waals surface area contributed by atoms with E-state index in [1.165, 1.54) is 14.0 Å². The Morgan fingerprint density at radius 1 is 1.33 bits per heavy atom. The largest absolute Gasteiger partial charge is 0.493 e. The van der Waals surface area contributed by atoms with E-state index in [1.807, 2.05) is 12.1 Å². The van der Waals surface area contributed by atoms with Gasteiger partial charge in [-0.2, -0.15) is 0 Å². The van der Waals surface area contributed by atoms with Gasteiger partial charge in [0.15, 0.2) is 11.5 Å². The predicted molar refractivity (Wildman–Crippen MR) is 69.0 cm³/mol. The Bertz CT molecular complexity index is 415. The van der Waals surface area contributed by atoms with E-state index in [0.29, 0.717) is 23.1 Å². The minimum atomic E-state index is -1.07. The molecule has 1 heterocycles. The zero-order valence-electron chi connectivity index (χ0n) is 11.1. The van der Waals surface area contributed by atoms with Gasteiger partial charge in [0.1, 0.15) is 6.17 Å². The molecule has 0 aliphatic carbocycles. The van der Waals surface area contributed by atoms with Crippen molar-refractivity contribution in [3.05, 3.63) is 23.3 Å². The first-order chi connectivity index (χ1) is 8.67. The highest BCUT2D eigenvalue weighted by molar-refractivity contribution is 5.51. The molecular formula is C14H20FNO2. The number of benzene rings is 1. The van der Waals surface area contributed by atoms with Crippen LogP contribution in [0.25, 0.3) is 0 Å². The fourth-order valence-electron chi connectivity index (χ4n) is 2.48. The van der Waals surface area contributed by atoms with Gasteiger partial charge < -0.3 is 14.8 Å². The summed E-state index contributed by atoms with van der Waals surface area (Å²) in [6.07, 6.45) is 1.16. The monoisotopic (exact) mass is 253 g/mol. The van der Waals surface area contributed by atoms with E-state index in [2.05, 4.69) is 5.32 Å². The van der Waals surface area contributed by atoms with Gasteiger partial charge in [0.2, 0.25) is 0 Å². The summed E-state index contributed by atoms with van der Waals surface area (Å²) in [7, 11) is 3.12. The molecule has 1 aliphatic heterocycles. The molecule has 0 amide bonds. The summed E-state index contributed by atoms with van der Waals surface area (Å²) in [5.74, 6) is 1.09. The Morgan fingerprint density at radius 2 is 2.11 bits per heavy atom. The first-order valence-electron chi connectivity index (χ1n) is 6.30. The fraction of sp³-hybridized carbons (Fsp3) is 0.571. The molecule has 0 radical (unpaired) electrons. The first kappa shape index (κ1) is 13.1. The quantitative estimate of drug-likeness (QED) is 0.894. The Kier molecular flexibility index (Phi) is 4.07. The van der Waals surface area contributed by atoms with Crippen LogP contribution in [0, 0.1) is 0 Å². The van der Waals surface area contributed by atoms with Gasteiger partial charge in [-0.25, -0.2) is 4.39 Å². The predicted octanol–water partition coefficient (Wildman–Crippen LogP) is 3.16. The molecule has 1 fully saturated rings. The van der Waals surface area contributed by atoms with E-state index in [9.17, 15) is 4.39 Å². The third-order valence-electron chi connectivity index (χ3n) is 3.42. The van der Waals surface area contributed by atoms with Crippen molar-refractivity contribution in [1.82, 2.24) is 5.32 Å². The normalized spacial score (nSPS) is 20.8. The van der Waals surface area contributed by atoms with E-state index >= 15 is 0 Å². The molecule has 18 heavy (non-hydrogen) atoms. The lowest BCUT2D eigenvalue weighted by Crippen LogP contribution is -2.13. The smallest absolute Gasteiger partial charge is 0.166 e. The highest BCUT2D eigenvalue weighted by Gasteiger charge is 2.22. The summed E-state index contributed by atoms with van der Waals surface area (Å²) in [6.45, 7) is 2.53. The molecule has 1 N–H and O–H groups in total. The zero-order valence-corrected chi connectivity index (χ0v) is 11.1. The summed E-state index contributed by atoms with van der Waals surface area (Å²) in [5.41, 5.74) is 1.63. The molecular weight excluding hydrogens is 233 g/mol. The van der Waals surface area contributed by atoms with Crippen molar-refractivity contribution < 1.29 is 13.9 Å². The van der Waals surface area contributed by atoms with E-state index in [1.54, 1.807) is 7.11 Å². The van der Waals surface area contributed by atoms with Gasteiger partial charge in [-0.05, 0) is 44.0 Å². The summed E-state index contributed by atoms with van der Waals surface area (Å²) in [4.78, 5) is 0. The molecule has 1 aromatic carbocycles. The third-order valence-corrected chi connectivity index (χ3v) is 3.42. The number of rotatable bonds is 4. The van der Waals surface area contributed by atoms with Crippen LogP contribution >= 0.6 is 0 Å². The minimum absolute atomic E-state index is 0.294. The molecule has 2 rings (SSSR count). The molecule has 1 aromatic rings. The van der Waals surface area contributed by atoms with Crippen LogP contribution in [-0.2, 0) is 0 Å². The molecule has 2 unspecified atom stereocenters. The maximum absolute atomic E-state index is 13.7. The van der Waals surface area contributed by atoms with Crippen molar-refractivity contribution >= 4 is 0 Å². The van der Waals surface area contributed by atoms with Gasteiger partial charge in [-0.1, -0.05) is 0 Å².